The van der Waals surface area contributed by atoms with E-state index in [1.54, 1.807) is 30.5 Å². The zero-order chi connectivity index (χ0) is 16.9. The van der Waals surface area contributed by atoms with E-state index in [1.165, 1.54) is 0 Å². The van der Waals surface area contributed by atoms with Crippen LogP contribution in [0.3, 0.4) is 0 Å². The Hall–Kier alpha value is -3.09. The van der Waals surface area contributed by atoms with Crippen molar-refractivity contribution < 1.29 is 4.79 Å². The summed E-state index contributed by atoms with van der Waals surface area (Å²) in [6.07, 6.45) is 2.38. The molecule has 0 fully saturated rings. The fourth-order valence-electron chi connectivity index (χ4n) is 2.47. The van der Waals surface area contributed by atoms with Gasteiger partial charge < -0.3 is 5.32 Å². The highest BCUT2D eigenvalue weighted by Crippen LogP contribution is 2.13. The van der Waals surface area contributed by atoms with Crippen LogP contribution in [0.4, 0.5) is 0 Å². The molecule has 1 atom stereocenters. The Labute approximate surface area is 138 Å². The molecule has 0 saturated heterocycles. The van der Waals surface area contributed by atoms with E-state index >= 15 is 0 Å². The van der Waals surface area contributed by atoms with Crippen molar-refractivity contribution in [3.63, 3.8) is 0 Å². The predicted octanol–water partition coefficient (Wildman–Crippen LogP) is 1.45. The zero-order valence-corrected chi connectivity index (χ0v) is 13.2. The van der Waals surface area contributed by atoms with Crippen LogP contribution in [-0.4, -0.2) is 25.9 Å². The topological polar surface area (TPSA) is 89.8 Å². The summed E-state index contributed by atoms with van der Waals surface area (Å²) in [4.78, 5) is 28.9. The minimum atomic E-state index is -0.332. The fourth-order valence-corrected chi connectivity index (χ4v) is 2.47. The minimum Gasteiger partial charge on any atom is -0.346 e. The van der Waals surface area contributed by atoms with Gasteiger partial charge in [0, 0.05) is 6.20 Å². The average molecular weight is 323 g/mol. The molecule has 1 amide bonds. The van der Waals surface area contributed by atoms with Gasteiger partial charge in [0.2, 0.25) is 5.91 Å². The number of pyridine rings is 1. The van der Waals surface area contributed by atoms with E-state index in [9.17, 15) is 9.59 Å². The van der Waals surface area contributed by atoms with Crippen LogP contribution in [0.2, 0.25) is 0 Å². The molecule has 0 aliphatic heterocycles. The van der Waals surface area contributed by atoms with Crippen molar-refractivity contribution in [2.75, 3.05) is 0 Å². The molecule has 2 heterocycles. The molecule has 0 saturated carbocycles. The van der Waals surface area contributed by atoms with Crippen molar-refractivity contribution in [2.45, 2.75) is 25.9 Å². The molecule has 24 heavy (non-hydrogen) atoms. The molecule has 7 nitrogen and oxygen atoms in total. The van der Waals surface area contributed by atoms with E-state index in [0.29, 0.717) is 17.3 Å². The molecule has 0 bridgehead atoms. The second-order valence-corrected chi connectivity index (χ2v) is 5.35. The highest BCUT2D eigenvalue weighted by atomic mass is 16.2. The lowest BCUT2D eigenvalue weighted by atomic mass is 10.1. The standard InChI is InChI=1S/C17H17N5O2/c1-2-13(15-9-5-6-10-18-15)19-16(23)11-22-17(24)12-7-3-4-8-14(12)20-21-22/h3-10,13H,2,11H2,1H3,(H,19,23)/t13-/m1/s1. The van der Waals surface area contributed by atoms with Gasteiger partial charge in [-0.1, -0.05) is 30.3 Å². The Kier molecular flexibility index (Phi) is 4.60. The quantitative estimate of drug-likeness (QED) is 0.767. The van der Waals surface area contributed by atoms with Crippen LogP contribution in [0.5, 0.6) is 0 Å². The number of aromatic nitrogens is 4. The van der Waals surface area contributed by atoms with Crippen molar-refractivity contribution >= 4 is 16.8 Å². The molecule has 0 spiro atoms. The second kappa shape index (κ2) is 6.99. The van der Waals surface area contributed by atoms with Crippen LogP contribution in [-0.2, 0) is 11.3 Å². The Morgan fingerprint density at radius 3 is 2.75 bits per heavy atom. The summed E-state index contributed by atoms with van der Waals surface area (Å²) in [6.45, 7) is 1.78. The summed E-state index contributed by atoms with van der Waals surface area (Å²) < 4.78 is 1.07. The van der Waals surface area contributed by atoms with Gasteiger partial charge in [0.1, 0.15) is 12.1 Å². The highest BCUT2D eigenvalue weighted by molar-refractivity contribution is 5.78. The molecular weight excluding hydrogens is 306 g/mol. The number of nitrogens with zero attached hydrogens (tertiary/aromatic N) is 4. The number of hydrogen-bond donors (Lipinski definition) is 1. The summed E-state index contributed by atoms with van der Waals surface area (Å²) in [5.74, 6) is -0.306. The lowest BCUT2D eigenvalue weighted by Gasteiger charge is -2.16. The van der Waals surface area contributed by atoms with Crippen LogP contribution in [0, 0.1) is 0 Å². The largest absolute Gasteiger partial charge is 0.346 e. The third-order valence-electron chi connectivity index (χ3n) is 3.71. The summed E-state index contributed by atoms with van der Waals surface area (Å²) in [5.41, 5.74) is 0.964. The van der Waals surface area contributed by atoms with E-state index in [2.05, 4.69) is 20.6 Å². The SMILES string of the molecule is CC[C@@H](NC(=O)Cn1nnc2ccccc2c1=O)c1ccccn1. The van der Waals surface area contributed by atoms with Crippen molar-refractivity contribution in [3.05, 3.63) is 64.7 Å². The Bertz CT molecular complexity index is 908. The van der Waals surface area contributed by atoms with Gasteiger partial charge >= 0.3 is 0 Å². The number of hydrogen-bond acceptors (Lipinski definition) is 5. The van der Waals surface area contributed by atoms with E-state index < -0.39 is 0 Å². The smallest absolute Gasteiger partial charge is 0.278 e. The van der Waals surface area contributed by atoms with E-state index in [-0.39, 0.29) is 24.1 Å². The maximum Gasteiger partial charge on any atom is 0.278 e. The summed E-state index contributed by atoms with van der Waals surface area (Å²) in [6, 6.07) is 12.3. The third-order valence-corrected chi connectivity index (χ3v) is 3.71. The van der Waals surface area contributed by atoms with Crippen LogP contribution in [0.1, 0.15) is 25.1 Å². The molecule has 0 aliphatic carbocycles. The van der Waals surface area contributed by atoms with Gasteiger partial charge in [0.25, 0.3) is 5.56 Å². The first-order valence-corrected chi connectivity index (χ1v) is 7.72. The van der Waals surface area contributed by atoms with Crippen LogP contribution >= 0.6 is 0 Å². The molecule has 0 aliphatic rings. The van der Waals surface area contributed by atoms with E-state index in [4.69, 9.17) is 0 Å². The number of amides is 1. The molecule has 0 radical (unpaired) electrons. The van der Waals surface area contributed by atoms with Gasteiger partial charge in [0.05, 0.1) is 17.1 Å². The second-order valence-electron chi connectivity index (χ2n) is 5.35. The number of carbonyl (C=O) groups is 1. The third kappa shape index (κ3) is 3.29. The molecular formula is C17H17N5O2. The van der Waals surface area contributed by atoms with Gasteiger partial charge in [-0.3, -0.25) is 14.6 Å². The highest BCUT2D eigenvalue weighted by Gasteiger charge is 2.15. The van der Waals surface area contributed by atoms with Gasteiger partial charge in [-0.2, -0.15) is 0 Å². The molecule has 2 aromatic heterocycles. The number of carbonyl (C=O) groups excluding carboxylic acids is 1. The molecule has 122 valence electrons. The van der Waals surface area contributed by atoms with Crippen molar-refractivity contribution in [1.29, 1.82) is 0 Å². The van der Waals surface area contributed by atoms with Crippen LogP contribution in [0.25, 0.3) is 10.9 Å². The summed E-state index contributed by atoms with van der Waals surface area (Å²) >= 11 is 0. The van der Waals surface area contributed by atoms with E-state index in [0.717, 1.165) is 10.4 Å². The Morgan fingerprint density at radius 2 is 2.00 bits per heavy atom. The lowest BCUT2D eigenvalue weighted by Crippen LogP contribution is -2.36. The van der Waals surface area contributed by atoms with Crippen molar-refractivity contribution in [2.24, 2.45) is 0 Å². The first kappa shape index (κ1) is 15.8. The number of fused-ring (bicyclic) bond motifs is 1. The first-order chi connectivity index (χ1) is 11.7. The fraction of sp³-hybridized carbons (Fsp3) is 0.235. The zero-order valence-electron chi connectivity index (χ0n) is 13.2. The van der Waals surface area contributed by atoms with Gasteiger partial charge in [0.15, 0.2) is 0 Å². The predicted molar refractivity (Wildman–Crippen MR) is 89.2 cm³/mol. The molecule has 3 aromatic rings. The van der Waals surface area contributed by atoms with Crippen molar-refractivity contribution in [3.8, 4) is 0 Å². The molecule has 7 heteroatoms. The lowest BCUT2D eigenvalue weighted by molar-refractivity contribution is -0.122. The van der Waals surface area contributed by atoms with Crippen LogP contribution in [0.15, 0.2) is 53.5 Å². The number of nitrogens with one attached hydrogen (secondary N) is 1. The first-order valence-electron chi connectivity index (χ1n) is 7.72. The maximum atomic E-state index is 12.4. The number of benzene rings is 1. The van der Waals surface area contributed by atoms with Gasteiger partial charge in [-0.05, 0) is 30.7 Å². The Balaban J connectivity index is 1.77. The normalized spacial score (nSPS) is 12.0. The molecule has 3 rings (SSSR count). The van der Waals surface area contributed by atoms with E-state index in [1.807, 2.05) is 25.1 Å². The van der Waals surface area contributed by atoms with Gasteiger partial charge in [-0.15, -0.1) is 5.10 Å². The molecule has 0 unspecified atom stereocenters. The van der Waals surface area contributed by atoms with Gasteiger partial charge in [-0.25, -0.2) is 4.68 Å². The summed E-state index contributed by atoms with van der Waals surface area (Å²) in [7, 11) is 0. The summed E-state index contributed by atoms with van der Waals surface area (Å²) in [5, 5.41) is 11.1. The average Bonchev–Trinajstić information content (AvgIpc) is 2.63. The van der Waals surface area contributed by atoms with Crippen molar-refractivity contribution in [1.82, 2.24) is 25.3 Å². The monoisotopic (exact) mass is 323 g/mol. The minimum absolute atomic E-state index is 0.181. The molecule has 1 aromatic carbocycles. The maximum absolute atomic E-state index is 12.4. The van der Waals surface area contributed by atoms with Crippen LogP contribution < -0.4 is 10.9 Å². The number of rotatable bonds is 5. The molecule has 1 N–H and O–H groups in total. The Morgan fingerprint density at radius 1 is 1.21 bits per heavy atom.